The number of halogens is 3. The molecule has 3 fully saturated rings. The zero-order valence-corrected chi connectivity index (χ0v) is 23.3. The molecule has 40 heavy (non-hydrogen) atoms. The van der Waals surface area contributed by atoms with Crippen molar-refractivity contribution >= 4 is 16.7 Å². The van der Waals surface area contributed by atoms with E-state index in [0.717, 1.165) is 23.0 Å². The van der Waals surface area contributed by atoms with Crippen LogP contribution in [0.1, 0.15) is 71.1 Å². The number of carbonyl (C=O) groups is 1. The van der Waals surface area contributed by atoms with Crippen LogP contribution in [0.2, 0.25) is 0 Å². The number of H-pyrrole nitrogens is 1. The van der Waals surface area contributed by atoms with E-state index in [1.165, 1.54) is 11.6 Å². The van der Waals surface area contributed by atoms with Gasteiger partial charge in [-0.05, 0) is 63.2 Å². The average molecular weight is 560 g/mol. The van der Waals surface area contributed by atoms with Crippen molar-refractivity contribution in [3.05, 3.63) is 47.2 Å². The Morgan fingerprint density at radius 3 is 2.65 bits per heavy atom. The highest BCUT2D eigenvalue weighted by Crippen LogP contribution is 2.72. The summed E-state index contributed by atoms with van der Waals surface area (Å²) in [6.07, 6.45) is -3.40. The van der Waals surface area contributed by atoms with Gasteiger partial charge in [0.15, 0.2) is 17.7 Å². The summed E-state index contributed by atoms with van der Waals surface area (Å²) in [5.41, 5.74) is -0.281. The number of hydrogen-bond acceptors (Lipinski definition) is 5. The summed E-state index contributed by atoms with van der Waals surface area (Å²) >= 11 is 0. The fourth-order valence-corrected chi connectivity index (χ4v) is 9.08. The maximum Gasteiger partial charge on any atom is 0.389 e. The summed E-state index contributed by atoms with van der Waals surface area (Å²) in [5, 5.41) is 14.3. The molecule has 0 unspecified atom stereocenters. The number of aliphatic hydroxyl groups is 1. The van der Waals surface area contributed by atoms with Crippen molar-refractivity contribution < 1.29 is 37.3 Å². The molecule has 1 aromatic heterocycles. The van der Waals surface area contributed by atoms with Crippen molar-refractivity contribution in [2.45, 2.75) is 107 Å². The van der Waals surface area contributed by atoms with Gasteiger partial charge in [0.2, 0.25) is 0 Å². The number of aromatic nitrogens is 1. The standard InChI is InChI=1S/C31H36F3NO5/c1-26(2)25-21(36)16-22-29(39-25,40-26)12-11-27(3)28(4)17(14-19-18-8-5-6-9-20(18)35-24(19)28)15-23(31(22,27)37)38-13-7-10-30(32,33)34/h5-6,8-9,16-17,23,25,35,37H,7,10-15H2,1-4H3/t17-,23+,25+,27-,28-,29+,31+/m1/s1. The number of ether oxygens (including phenoxy) is 3. The molecule has 2 aliphatic heterocycles. The minimum absolute atomic E-state index is 0.0831. The lowest BCUT2D eigenvalue weighted by Gasteiger charge is -2.67. The van der Waals surface area contributed by atoms with Gasteiger partial charge in [0.05, 0.1) is 6.10 Å². The molecule has 3 aliphatic carbocycles. The Bertz CT molecular complexity index is 1450. The number of para-hydroxylation sites is 1. The number of ketones is 1. The van der Waals surface area contributed by atoms with Gasteiger partial charge in [-0.15, -0.1) is 0 Å². The maximum absolute atomic E-state index is 13.4. The first-order valence-corrected chi connectivity index (χ1v) is 14.3. The number of nitrogens with one attached hydrogen (secondary N) is 1. The van der Waals surface area contributed by atoms with Crippen LogP contribution in [0.4, 0.5) is 13.2 Å². The van der Waals surface area contributed by atoms with E-state index in [2.05, 4.69) is 31.0 Å². The predicted molar refractivity (Wildman–Crippen MR) is 141 cm³/mol. The van der Waals surface area contributed by atoms with Crippen molar-refractivity contribution in [1.29, 1.82) is 0 Å². The molecule has 7 atom stereocenters. The van der Waals surface area contributed by atoms with Gasteiger partial charge in [-0.3, -0.25) is 4.79 Å². The zero-order chi connectivity index (χ0) is 28.5. The van der Waals surface area contributed by atoms with E-state index in [4.69, 9.17) is 14.2 Å². The van der Waals surface area contributed by atoms with Crippen molar-refractivity contribution in [1.82, 2.24) is 4.98 Å². The van der Waals surface area contributed by atoms with Gasteiger partial charge in [0.1, 0.15) is 11.2 Å². The van der Waals surface area contributed by atoms with Crippen LogP contribution >= 0.6 is 0 Å². The summed E-state index contributed by atoms with van der Waals surface area (Å²) in [5.74, 6) is -1.47. The lowest BCUT2D eigenvalue weighted by atomic mass is 9.41. The third-order valence-corrected chi connectivity index (χ3v) is 11.2. The summed E-state index contributed by atoms with van der Waals surface area (Å²) in [7, 11) is 0. The molecule has 7 rings (SSSR count). The molecule has 0 amide bonds. The lowest BCUT2D eigenvalue weighted by Crippen LogP contribution is -2.74. The van der Waals surface area contributed by atoms with E-state index in [1.807, 2.05) is 26.0 Å². The Morgan fingerprint density at radius 1 is 1.15 bits per heavy atom. The highest BCUT2D eigenvalue weighted by molar-refractivity contribution is 5.97. The van der Waals surface area contributed by atoms with E-state index in [-0.39, 0.29) is 24.7 Å². The Hall–Kier alpha value is -2.20. The number of rotatable bonds is 4. The second-order valence-corrected chi connectivity index (χ2v) is 13.5. The van der Waals surface area contributed by atoms with Crippen LogP contribution in [0.5, 0.6) is 0 Å². The summed E-state index contributed by atoms with van der Waals surface area (Å²) in [4.78, 5) is 17.1. The van der Waals surface area contributed by atoms with Gasteiger partial charge in [-0.1, -0.05) is 32.0 Å². The number of alkyl halides is 3. The Kier molecular flexibility index (Phi) is 5.33. The minimum atomic E-state index is -4.28. The van der Waals surface area contributed by atoms with Crippen LogP contribution < -0.4 is 0 Å². The van der Waals surface area contributed by atoms with Crippen molar-refractivity contribution in [3.63, 3.8) is 0 Å². The molecule has 6 nitrogen and oxygen atoms in total. The molecule has 1 spiro atoms. The lowest BCUT2D eigenvalue weighted by molar-refractivity contribution is -0.281. The molecule has 1 saturated heterocycles. The molecule has 2 saturated carbocycles. The number of hydrogen-bond donors (Lipinski definition) is 2. The smallest absolute Gasteiger partial charge is 0.382 e. The van der Waals surface area contributed by atoms with Crippen LogP contribution in [-0.2, 0) is 30.8 Å². The van der Waals surface area contributed by atoms with Crippen LogP contribution in [0.3, 0.4) is 0 Å². The van der Waals surface area contributed by atoms with Crippen molar-refractivity contribution in [3.8, 4) is 0 Å². The van der Waals surface area contributed by atoms with Gasteiger partial charge in [0, 0.05) is 52.4 Å². The van der Waals surface area contributed by atoms with E-state index >= 15 is 0 Å². The summed E-state index contributed by atoms with van der Waals surface area (Å²) in [6, 6.07) is 8.16. The largest absolute Gasteiger partial charge is 0.389 e. The fourth-order valence-electron chi connectivity index (χ4n) is 9.08. The molecule has 3 heterocycles. The zero-order valence-electron chi connectivity index (χ0n) is 23.3. The van der Waals surface area contributed by atoms with Crippen LogP contribution in [0, 0.1) is 11.3 Å². The third kappa shape index (κ3) is 3.18. The molecule has 216 valence electrons. The number of benzene rings is 1. The van der Waals surface area contributed by atoms with Crippen molar-refractivity contribution in [2.75, 3.05) is 6.61 Å². The maximum atomic E-state index is 13.4. The average Bonchev–Trinajstić information content (AvgIpc) is 3.46. The van der Waals surface area contributed by atoms with Gasteiger partial charge < -0.3 is 24.3 Å². The van der Waals surface area contributed by atoms with Crippen LogP contribution in [0.15, 0.2) is 35.9 Å². The molecule has 2 aromatic rings. The molecule has 1 aromatic carbocycles. The Morgan fingerprint density at radius 2 is 1.90 bits per heavy atom. The van der Waals surface area contributed by atoms with Crippen LogP contribution in [0.25, 0.3) is 10.9 Å². The Balaban J connectivity index is 1.37. The Labute approximate surface area is 231 Å². The molecule has 0 radical (unpaired) electrons. The van der Waals surface area contributed by atoms with E-state index in [9.17, 15) is 23.1 Å². The van der Waals surface area contributed by atoms with Gasteiger partial charge in [-0.25, -0.2) is 0 Å². The highest BCUT2D eigenvalue weighted by Gasteiger charge is 2.78. The summed E-state index contributed by atoms with van der Waals surface area (Å²) < 4.78 is 57.9. The van der Waals surface area contributed by atoms with E-state index < -0.39 is 52.6 Å². The topological polar surface area (TPSA) is 80.8 Å². The second-order valence-electron chi connectivity index (χ2n) is 13.5. The number of carbonyl (C=O) groups excluding carboxylic acids is 1. The predicted octanol–water partition coefficient (Wildman–Crippen LogP) is 5.66. The third-order valence-electron chi connectivity index (χ3n) is 11.2. The molecule has 9 heteroatoms. The molecule has 5 aliphatic rings. The first-order chi connectivity index (χ1) is 18.7. The monoisotopic (exact) mass is 559 g/mol. The van der Waals surface area contributed by atoms with E-state index in [0.29, 0.717) is 24.8 Å². The van der Waals surface area contributed by atoms with Crippen molar-refractivity contribution in [2.24, 2.45) is 11.3 Å². The summed E-state index contributed by atoms with van der Waals surface area (Å²) in [6.45, 7) is 7.72. The number of fused-ring (bicyclic) bond motifs is 9. The highest BCUT2D eigenvalue weighted by atomic mass is 19.4. The number of aromatic amines is 1. The molecular weight excluding hydrogens is 523 g/mol. The van der Waals surface area contributed by atoms with E-state index in [1.54, 1.807) is 0 Å². The quantitative estimate of drug-likeness (QED) is 0.473. The normalized spacial score (nSPS) is 41.4. The molecule has 2 N–H and O–H groups in total. The first kappa shape index (κ1) is 26.7. The first-order valence-electron chi connectivity index (χ1n) is 14.3. The SMILES string of the molecule is CC1(C)O[C@@]23CC[C@]4(C)[C@@]5(C)c6[nH]c7ccccc7c6C[C@@H]5C[C@H](OCCCC(F)(F)F)[C@@]4(O)C2=CC(=O)[C@@H]1O3. The minimum Gasteiger partial charge on any atom is -0.382 e. The molecule has 2 bridgehead atoms. The fraction of sp³-hybridized carbons (Fsp3) is 0.645. The van der Waals surface area contributed by atoms with Crippen LogP contribution in [-0.4, -0.2) is 57.9 Å². The van der Waals surface area contributed by atoms with Gasteiger partial charge >= 0.3 is 6.18 Å². The van der Waals surface area contributed by atoms with Gasteiger partial charge in [-0.2, -0.15) is 13.2 Å². The van der Waals surface area contributed by atoms with Gasteiger partial charge in [0.25, 0.3) is 0 Å². The second kappa shape index (κ2) is 8.00. The molecular formula is C31H36F3NO5.